The molecule has 2 heteroatoms. The summed E-state index contributed by atoms with van der Waals surface area (Å²) in [5.74, 6) is 0.772. The lowest BCUT2D eigenvalue weighted by atomic mass is 9.87. The van der Waals surface area contributed by atoms with Crippen molar-refractivity contribution in [1.29, 1.82) is 0 Å². The van der Waals surface area contributed by atoms with Crippen LogP contribution < -0.4 is 0 Å². The van der Waals surface area contributed by atoms with Crippen molar-refractivity contribution in [2.75, 3.05) is 26.7 Å². The van der Waals surface area contributed by atoms with Crippen LogP contribution in [0.2, 0.25) is 0 Å². The van der Waals surface area contributed by atoms with Gasteiger partial charge >= 0.3 is 0 Å². The van der Waals surface area contributed by atoms with Crippen LogP contribution in [0.5, 0.6) is 0 Å². The molecule has 1 atom stereocenters. The molecule has 1 nitrogen and oxygen atoms in total. The van der Waals surface area contributed by atoms with Gasteiger partial charge in [0.15, 0.2) is 0 Å². The van der Waals surface area contributed by atoms with E-state index in [1.165, 1.54) is 37.0 Å². The maximum Gasteiger partial charge on any atom is 0.100 e. The quantitative estimate of drug-likeness (QED) is 0.609. The molecule has 0 amide bonds. The Morgan fingerprint density at radius 2 is 1.75 bits per heavy atom. The van der Waals surface area contributed by atoms with Crippen LogP contribution in [0.3, 0.4) is 0 Å². The third kappa shape index (κ3) is 4.40. The predicted molar refractivity (Wildman–Crippen MR) is 68.2 cm³/mol. The van der Waals surface area contributed by atoms with Crippen LogP contribution >= 0.6 is 0 Å². The van der Waals surface area contributed by atoms with Gasteiger partial charge in [-0.2, -0.15) is 0 Å². The first-order chi connectivity index (χ1) is 7.59. The van der Waals surface area contributed by atoms with E-state index in [2.05, 4.69) is 20.9 Å². The fourth-order valence-electron chi connectivity index (χ4n) is 2.85. The predicted octanol–water partition coefficient (Wildman–Crippen LogP) is 3.78. The van der Waals surface area contributed by atoms with E-state index < -0.39 is 6.17 Å². The molecule has 1 saturated carbocycles. The van der Waals surface area contributed by atoms with Gasteiger partial charge in [0.25, 0.3) is 0 Å². The van der Waals surface area contributed by atoms with E-state index in [1.807, 2.05) is 0 Å². The van der Waals surface area contributed by atoms with Crippen LogP contribution in [-0.4, -0.2) is 37.3 Å². The standard InChI is InChI=1S/C14H29FN/c1-4-6-11-16(3,5-2)12-13-7-9-14(15)10-8-13/h13-14H,4-12H2,1-3H3/q+1. The molecule has 0 aromatic heterocycles. The molecule has 1 unspecified atom stereocenters. The van der Waals surface area contributed by atoms with Gasteiger partial charge in [-0.3, -0.25) is 0 Å². The Morgan fingerprint density at radius 3 is 2.25 bits per heavy atom. The van der Waals surface area contributed by atoms with Crippen LogP contribution in [0.15, 0.2) is 0 Å². The van der Waals surface area contributed by atoms with Crippen molar-refractivity contribution in [2.24, 2.45) is 5.92 Å². The summed E-state index contributed by atoms with van der Waals surface area (Å²) in [5.41, 5.74) is 0. The largest absolute Gasteiger partial charge is 0.326 e. The van der Waals surface area contributed by atoms with Gasteiger partial charge < -0.3 is 4.48 Å². The Bertz CT molecular complexity index is 187. The second kappa shape index (κ2) is 6.58. The smallest absolute Gasteiger partial charge is 0.100 e. The molecule has 1 aliphatic carbocycles. The second-order valence-electron chi connectivity index (χ2n) is 5.81. The highest BCUT2D eigenvalue weighted by Crippen LogP contribution is 2.28. The Hall–Kier alpha value is -0.110. The molecule has 0 N–H and O–H groups in total. The first-order valence-electron chi connectivity index (χ1n) is 7.07. The molecule has 1 rings (SSSR count). The molecule has 0 aromatic carbocycles. The normalized spacial score (nSPS) is 30.0. The average molecular weight is 230 g/mol. The van der Waals surface area contributed by atoms with Gasteiger partial charge in [-0.25, -0.2) is 4.39 Å². The van der Waals surface area contributed by atoms with Crippen LogP contribution in [-0.2, 0) is 0 Å². The van der Waals surface area contributed by atoms with Crippen LogP contribution in [0.25, 0.3) is 0 Å². The molecule has 0 radical (unpaired) electrons. The van der Waals surface area contributed by atoms with Crippen LogP contribution in [0.1, 0.15) is 52.4 Å². The molecule has 0 spiro atoms. The fourth-order valence-corrected chi connectivity index (χ4v) is 2.85. The minimum absolute atomic E-state index is 0.507. The van der Waals surface area contributed by atoms with Crippen molar-refractivity contribution in [3.63, 3.8) is 0 Å². The topological polar surface area (TPSA) is 0 Å². The summed E-state index contributed by atoms with van der Waals surface area (Å²) in [5, 5.41) is 0. The molecule has 1 aliphatic rings. The Morgan fingerprint density at radius 1 is 1.12 bits per heavy atom. The van der Waals surface area contributed by atoms with Crippen molar-refractivity contribution < 1.29 is 8.87 Å². The van der Waals surface area contributed by atoms with Crippen molar-refractivity contribution >= 4 is 0 Å². The number of nitrogens with zero attached hydrogens (tertiary/aromatic N) is 1. The SMILES string of the molecule is CCCC[N+](C)(CC)CC1CCC(F)CC1. The molecule has 0 aromatic rings. The molecule has 16 heavy (non-hydrogen) atoms. The summed E-state index contributed by atoms with van der Waals surface area (Å²) < 4.78 is 14.3. The Balaban J connectivity index is 2.36. The molecule has 1 fully saturated rings. The molecular weight excluding hydrogens is 201 g/mol. The monoisotopic (exact) mass is 230 g/mol. The van der Waals surface area contributed by atoms with Gasteiger partial charge in [-0.15, -0.1) is 0 Å². The lowest BCUT2D eigenvalue weighted by Crippen LogP contribution is -2.48. The summed E-state index contributed by atoms with van der Waals surface area (Å²) in [4.78, 5) is 0. The minimum atomic E-state index is -0.507. The summed E-state index contributed by atoms with van der Waals surface area (Å²) in [6, 6.07) is 0. The molecule has 0 heterocycles. The van der Waals surface area contributed by atoms with Crippen molar-refractivity contribution in [3.8, 4) is 0 Å². The van der Waals surface area contributed by atoms with E-state index in [9.17, 15) is 4.39 Å². The summed E-state index contributed by atoms with van der Waals surface area (Å²) in [7, 11) is 2.37. The summed E-state index contributed by atoms with van der Waals surface area (Å²) >= 11 is 0. The maximum atomic E-state index is 13.1. The second-order valence-corrected chi connectivity index (χ2v) is 5.81. The van der Waals surface area contributed by atoms with E-state index >= 15 is 0 Å². The highest BCUT2D eigenvalue weighted by Gasteiger charge is 2.28. The Labute approximate surface area is 101 Å². The lowest BCUT2D eigenvalue weighted by molar-refractivity contribution is -0.911. The van der Waals surface area contributed by atoms with E-state index in [4.69, 9.17) is 0 Å². The van der Waals surface area contributed by atoms with Crippen molar-refractivity contribution in [1.82, 2.24) is 0 Å². The van der Waals surface area contributed by atoms with Crippen molar-refractivity contribution in [3.05, 3.63) is 0 Å². The summed E-state index contributed by atoms with van der Waals surface area (Å²) in [6.07, 6.45) is 5.94. The number of unbranched alkanes of at least 4 members (excludes halogenated alkanes) is 1. The zero-order valence-corrected chi connectivity index (χ0v) is 11.3. The third-order valence-electron chi connectivity index (χ3n) is 4.29. The highest BCUT2D eigenvalue weighted by atomic mass is 19.1. The number of quaternary nitrogens is 1. The first kappa shape index (κ1) is 14.0. The number of alkyl halides is 1. The van der Waals surface area contributed by atoms with E-state index in [-0.39, 0.29) is 0 Å². The minimum Gasteiger partial charge on any atom is -0.326 e. The zero-order chi connectivity index (χ0) is 12.0. The zero-order valence-electron chi connectivity index (χ0n) is 11.3. The van der Waals surface area contributed by atoms with E-state index in [0.29, 0.717) is 0 Å². The third-order valence-corrected chi connectivity index (χ3v) is 4.29. The molecule has 0 saturated heterocycles. The molecule has 0 bridgehead atoms. The average Bonchev–Trinajstić information content (AvgIpc) is 2.30. The van der Waals surface area contributed by atoms with Gasteiger partial charge in [0, 0.05) is 5.92 Å². The molecular formula is C14H29FN+. The number of rotatable bonds is 6. The van der Waals surface area contributed by atoms with Crippen LogP contribution in [0.4, 0.5) is 4.39 Å². The van der Waals surface area contributed by atoms with Gasteiger partial charge in [0.2, 0.25) is 0 Å². The van der Waals surface area contributed by atoms with Crippen LogP contribution in [0, 0.1) is 5.92 Å². The van der Waals surface area contributed by atoms with E-state index in [0.717, 1.165) is 31.6 Å². The first-order valence-corrected chi connectivity index (χ1v) is 7.07. The van der Waals surface area contributed by atoms with Gasteiger partial charge in [-0.1, -0.05) is 13.3 Å². The number of hydrogen-bond donors (Lipinski definition) is 0. The summed E-state index contributed by atoms with van der Waals surface area (Å²) in [6.45, 7) is 8.33. The van der Waals surface area contributed by atoms with Gasteiger partial charge in [0.1, 0.15) is 6.17 Å². The molecule has 0 aliphatic heterocycles. The molecule has 96 valence electrons. The van der Waals surface area contributed by atoms with E-state index in [1.54, 1.807) is 0 Å². The fraction of sp³-hybridized carbons (Fsp3) is 1.00. The Kier molecular flexibility index (Phi) is 5.74. The highest BCUT2D eigenvalue weighted by molar-refractivity contribution is 4.71. The lowest BCUT2D eigenvalue weighted by Gasteiger charge is -2.38. The van der Waals surface area contributed by atoms with Gasteiger partial charge in [0.05, 0.1) is 26.7 Å². The number of hydrogen-bond acceptors (Lipinski definition) is 0. The van der Waals surface area contributed by atoms with Gasteiger partial charge in [-0.05, 0) is 39.0 Å². The number of halogens is 1. The maximum absolute atomic E-state index is 13.1. The van der Waals surface area contributed by atoms with Crippen molar-refractivity contribution in [2.45, 2.75) is 58.5 Å².